The van der Waals surface area contributed by atoms with Crippen molar-refractivity contribution in [3.05, 3.63) is 59.4 Å². The molecule has 1 unspecified atom stereocenters. The molecule has 1 amide bonds. The van der Waals surface area contributed by atoms with Crippen LogP contribution in [0.5, 0.6) is 5.75 Å². The van der Waals surface area contributed by atoms with Crippen molar-refractivity contribution < 1.29 is 9.53 Å². The van der Waals surface area contributed by atoms with Gasteiger partial charge in [-0.25, -0.2) is 0 Å². The summed E-state index contributed by atoms with van der Waals surface area (Å²) in [7, 11) is 0. The van der Waals surface area contributed by atoms with E-state index in [4.69, 9.17) is 4.74 Å². The highest BCUT2D eigenvalue weighted by atomic mass is 16.5. The quantitative estimate of drug-likeness (QED) is 0.887. The fraction of sp³-hybridized carbons (Fsp3) is 0.368. The topological polar surface area (TPSA) is 51.2 Å². The summed E-state index contributed by atoms with van der Waals surface area (Å²) in [6.45, 7) is 8.08. The average molecular weight is 312 g/mol. The lowest BCUT2D eigenvalue weighted by Crippen LogP contribution is -2.35. The van der Waals surface area contributed by atoms with Gasteiger partial charge in [-0.2, -0.15) is 0 Å². The Labute approximate surface area is 137 Å². The number of hydrogen-bond donors (Lipinski definition) is 1. The van der Waals surface area contributed by atoms with Crippen LogP contribution in [0.4, 0.5) is 0 Å². The van der Waals surface area contributed by atoms with E-state index in [1.807, 2.05) is 50.2 Å². The first kappa shape index (κ1) is 17.0. The van der Waals surface area contributed by atoms with E-state index in [0.29, 0.717) is 0 Å². The molecule has 2 rings (SSSR count). The SMILES string of the molecule is Cc1cccc(C)c1OCC(=O)NC(c1ccccn1)C(C)C. The van der Waals surface area contributed by atoms with E-state index in [1.165, 1.54) is 0 Å². The van der Waals surface area contributed by atoms with Gasteiger partial charge in [0, 0.05) is 6.20 Å². The molecule has 0 radical (unpaired) electrons. The number of nitrogens with one attached hydrogen (secondary N) is 1. The van der Waals surface area contributed by atoms with E-state index in [-0.39, 0.29) is 24.5 Å². The number of aromatic nitrogens is 1. The van der Waals surface area contributed by atoms with Crippen molar-refractivity contribution in [2.45, 2.75) is 33.7 Å². The summed E-state index contributed by atoms with van der Waals surface area (Å²) in [5.74, 6) is 0.882. The number of para-hydroxylation sites is 1. The smallest absolute Gasteiger partial charge is 0.258 e. The minimum absolute atomic E-state index is 0.00173. The highest BCUT2D eigenvalue weighted by molar-refractivity contribution is 5.78. The summed E-state index contributed by atoms with van der Waals surface area (Å²) >= 11 is 0. The molecular weight excluding hydrogens is 288 g/mol. The standard InChI is InChI=1S/C19H24N2O2/c1-13(2)18(16-10-5-6-11-20-16)21-17(22)12-23-19-14(3)8-7-9-15(19)4/h5-11,13,18H,12H2,1-4H3,(H,21,22). The normalized spacial score (nSPS) is 12.0. The van der Waals surface area contributed by atoms with Crippen molar-refractivity contribution in [3.63, 3.8) is 0 Å². The number of ether oxygens (including phenoxy) is 1. The molecule has 1 atom stereocenters. The summed E-state index contributed by atoms with van der Waals surface area (Å²) < 4.78 is 5.71. The number of aryl methyl sites for hydroxylation is 2. The summed E-state index contributed by atoms with van der Waals surface area (Å²) in [6.07, 6.45) is 1.74. The van der Waals surface area contributed by atoms with Gasteiger partial charge in [0.25, 0.3) is 5.91 Å². The van der Waals surface area contributed by atoms with Crippen LogP contribution in [0.3, 0.4) is 0 Å². The third-order valence-electron chi connectivity index (χ3n) is 3.75. The second-order valence-electron chi connectivity index (χ2n) is 6.05. The van der Waals surface area contributed by atoms with Gasteiger partial charge >= 0.3 is 0 Å². The molecule has 1 N–H and O–H groups in total. The van der Waals surface area contributed by atoms with Crippen LogP contribution < -0.4 is 10.1 Å². The van der Waals surface area contributed by atoms with Crippen molar-refractivity contribution in [3.8, 4) is 5.75 Å². The molecule has 1 aromatic heterocycles. The van der Waals surface area contributed by atoms with Crippen molar-refractivity contribution >= 4 is 5.91 Å². The summed E-state index contributed by atoms with van der Waals surface area (Å²) in [4.78, 5) is 16.6. The highest BCUT2D eigenvalue weighted by Crippen LogP contribution is 2.23. The zero-order valence-electron chi connectivity index (χ0n) is 14.2. The Morgan fingerprint density at radius 2 is 1.83 bits per heavy atom. The molecule has 0 saturated carbocycles. The largest absolute Gasteiger partial charge is 0.483 e. The van der Waals surface area contributed by atoms with E-state index >= 15 is 0 Å². The van der Waals surface area contributed by atoms with Gasteiger partial charge in [-0.3, -0.25) is 9.78 Å². The van der Waals surface area contributed by atoms with Crippen molar-refractivity contribution in [1.82, 2.24) is 10.3 Å². The fourth-order valence-electron chi connectivity index (χ4n) is 2.52. The van der Waals surface area contributed by atoms with Crippen LogP contribution in [-0.2, 0) is 4.79 Å². The van der Waals surface area contributed by atoms with Crippen LogP contribution in [0.1, 0.15) is 36.7 Å². The maximum absolute atomic E-state index is 12.3. The maximum Gasteiger partial charge on any atom is 0.258 e. The number of amides is 1. The molecule has 4 heteroatoms. The van der Waals surface area contributed by atoms with E-state index < -0.39 is 0 Å². The molecule has 23 heavy (non-hydrogen) atoms. The highest BCUT2D eigenvalue weighted by Gasteiger charge is 2.19. The van der Waals surface area contributed by atoms with Gasteiger partial charge < -0.3 is 10.1 Å². The Morgan fingerprint density at radius 3 is 2.39 bits per heavy atom. The van der Waals surface area contributed by atoms with Crippen molar-refractivity contribution in [2.24, 2.45) is 5.92 Å². The molecular formula is C19H24N2O2. The first-order chi connectivity index (χ1) is 11.0. The molecule has 0 aliphatic carbocycles. The first-order valence-electron chi connectivity index (χ1n) is 7.88. The zero-order chi connectivity index (χ0) is 16.8. The number of hydrogen-bond acceptors (Lipinski definition) is 3. The molecule has 4 nitrogen and oxygen atoms in total. The lowest BCUT2D eigenvalue weighted by molar-refractivity contribution is -0.124. The Kier molecular flexibility index (Phi) is 5.74. The molecule has 1 aromatic carbocycles. The second-order valence-corrected chi connectivity index (χ2v) is 6.05. The Bertz CT molecular complexity index is 633. The lowest BCUT2D eigenvalue weighted by Gasteiger charge is -2.22. The van der Waals surface area contributed by atoms with E-state index in [1.54, 1.807) is 6.20 Å². The van der Waals surface area contributed by atoms with Gasteiger partial charge in [-0.1, -0.05) is 38.1 Å². The Balaban J connectivity index is 2.00. The van der Waals surface area contributed by atoms with Crippen LogP contribution >= 0.6 is 0 Å². The minimum Gasteiger partial charge on any atom is -0.483 e. The van der Waals surface area contributed by atoms with Gasteiger partial charge in [-0.05, 0) is 43.0 Å². The Morgan fingerprint density at radius 1 is 1.13 bits per heavy atom. The van der Waals surface area contributed by atoms with Crippen LogP contribution in [0.25, 0.3) is 0 Å². The average Bonchev–Trinajstić information content (AvgIpc) is 2.52. The van der Waals surface area contributed by atoms with Gasteiger partial charge in [0.1, 0.15) is 5.75 Å². The second kappa shape index (κ2) is 7.77. The Hall–Kier alpha value is -2.36. The molecule has 0 saturated heterocycles. The van der Waals surface area contributed by atoms with Crippen LogP contribution in [0.2, 0.25) is 0 Å². The van der Waals surface area contributed by atoms with Crippen LogP contribution in [0.15, 0.2) is 42.6 Å². The van der Waals surface area contributed by atoms with Gasteiger partial charge in [0.05, 0.1) is 11.7 Å². The molecule has 0 aliphatic heterocycles. The molecule has 122 valence electrons. The van der Waals surface area contributed by atoms with E-state index in [9.17, 15) is 4.79 Å². The van der Waals surface area contributed by atoms with E-state index in [2.05, 4.69) is 24.1 Å². The molecule has 0 bridgehead atoms. The third kappa shape index (κ3) is 4.55. The summed E-state index contributed by atoms with van der Waals surface area (Å²) in [5, 5.41) is 3.02. The van der Waals surface area contributed by atoms with Gasteiger partial charge in [0.15, 0.2) is 6.61 Å². The number of carbonyl (C=O) groups is 1. The summed E-state index contributed by atoms with van der Waals surface area (Å²) in [5.41, 5.74) is 2.92. The monoisotopic (exact) mass is 312 g/mol. The number of carbonyl (C=O) groups excluding carboxylic acids is 1. The maximum atomic E-state index is 12.3. The fourth-order valence-corrected chi connectivity index (χ4v) is 2.52. The zero-order valence-corrected chi connectivity index (χ0v) is 14.2. The van der Waals surface area contributed by atoms with Crippen molar-refractivity contribution in [1.29, 1.82) is 0 Å². The number of pyridine rings is 1. The van der Waals surface area contributed by atoms with Crippen molar-refractivity contribution in [2.75, 3.05) is 6.61 Å². The number of nitrogens with zero attached hydrogens (tertiary/aromatic N) is 1. The van der Waals surface area contributed by atoms with Crippen LogP contribution in [-0.4, -0.2) is 17.5 Å². The molecule has 2 aromatic rings. The molecule has 0 fully saturated rings. The van der Waals surface area contributed by atoms with Gasteiger partial charge in [0.2, 0.25) is 0 Å². The first-order valence-corrected chi connectivity index (χ1v) is 7.88. The minimum atomic E-state index is -0.142. The predicted molar refractivity (Wildman–Crippen MR) is 91.4 cm³/mol. The molecule has 1 heterocycles. The predicted octanol–water partition coefficient (Wildman–Crippen LogP) is 3.59. The number of rotatable bonds is 6. The molecule has 0 aliphatic rings. The van der Waals surface area contributed by atoms with E-state index in [0.717, 1.165) is 22.6 Å². The third-order valence-corrected chi connectivity index (χ3v) is 3.75. The van der Waals surface area contributed by atoms with Gasteiger partial charge in [-0.15, -0.1) is 0 Å². The summed E-state index contributed by atoms with van der Waals surface area (Å²) in [6, 6.07) is 11.5. The number of benzene rings is 1. The molecule has 0 spiro atoms. The lowest BCUT2D eigenvalue weighted by atomic mass is 10.0. The van der Waals surface area contributed by atoms with Crippen LogP contribution in [0, 0.1) is 19.8 Å².